The predicted octanol–water partition coefficient (Wildman–Crippen LogP) is 2.59. The van der Waals surface area contributed by atoms with Crippen LogP contribution in [0.5, 0.6) is 0 Å². The SMILES string of the molecule is CC(CNc1ccc([N+](=O)[O-])c2nonc12)C1CC1. The summed E-state index contributed by atoms with van der Waals surface area (Å²) in [4.78, 5) is 10.4. The van der Waals surface area contributed by atoms with E-state index in [1.807, 2.05) is 0 Å². The van der Waals surface area contributed by atoms with Gasteiger partial charge in [0.25, 0.3) is 0 Å². The molecule has 0 spiro atoms. The minimum absolute atomic E-state index is 0.0861. The van der Waals surface area contributed by atoms with Gasteiger partial charge in [-0.25, -0.2) is 4.63 Å². The third-order valence-corrected chi connectivity index (χ3v) is 3.63. The summed E-state index contributed by atoms with van der Waals surface area (Å²) >= 11 is 0. The van der Waals surface area contributed by atoms with E-state index in [1.165, 1.54) is 18.9 Å². The Balaban J connectivity index is 1.85. The molecule has 7 heteroatoms. The molecule has 2 aromatic rings. The van der Waals surface area contributed by atoms with E-state index < -0.39 is 4.92 Å². The molecule has 1 unspecified atom stereocenters. The highest BCUT2D eigenvalue weighted by Gasteiger charge is 2.28. The molecule has 19 heavy (non-hydrogen) atoms. The van der Waals surface area contributed by atoms with Crippen molar-refractivity contribution in [3.05, 3.63) is 22.2 Å². The average Bonchev–Trinajstić information content (AvgIpc) is 3.12. The Morgan fingerprint density at radius 2 is 2.21 bits per heavy atom. The topological polar surface area (TPSA) is 94.1 Å². The zero-order chi connectivity index (χ0) is 13.4. The fourth-order valence-corrected chi connectivity index (χ4v) is 2.25. The fourth-order valence-electron chi connectivity index (χ4n) is 2.25. The molecule has 0 radical (unpaired) electrons. The number of non-ortho nitro benzene ring substituents is 1. The Hall–Kier alpha value is -2.18. The summed E-state index contributed by atoms with van der Waals surface area (Å²) in [5, 5.41) is 21.5. The van der Waals surface area contributed by atoms with Crippen LogP contribution in [-0.4, -0.2) is 21.8 Å². The molecule has 3 rings (SSSR count). The van der Waals surface area contributed by atoms with Gasteiger partial charge in [0.2, 0.25) is 5.52 Å². The summed E-state index contributed by atoms with van der Waals surface area (Å²) in [5.41, 5.74) is 1.25. The smallest absolute Gasteiger partial charge is 0.300 e. The van der Waals surface area contributed by atoms with Crippen molar-refractivity contribution in [2.75, 3.05) is 11.9 Å². The van der Waals surface area contributed by atoms with Gasteiger partial charge in [-0.2, -0.15) is 0 Å². The Labute approximate surface area is 109 Å². The molecule has 1 aromatic carbocycles. The summed E-state index contributed by atoms with van der Waals surface area (Å²) in [6.07, 6.45) is 2.59. The van der Waals surface area contributed by atoms with Crippen molar-refractivity contribution in [2.24, 2.45) is 11.8 Å². The predicted molar refractivity (Wildman–Crippen MR) is 68.8 cm³/mol. The van der Waals surface area contributed by atoms with Crippen LogP contribution in [-0.2, 0) is 0 Å². The van der Waals surface area contributed by atoms with Crippen LogP contribution >= 0.6 is 0 Å². The maximum absolute atomic E-state index is 10.9. The van der Waals surface area contributed by atoms with Crippen LogP contribution in [0.3, 0.4) is 0 Å². The number of nitrogens with one attached hydrogen (secondary N) is 1. The van der Waals surface area contributed by atoms with Gasteiger partial charge in [0.1, 0.15) is 0 Å². The zero-order valence-electron chi connectivity index (χ0n) is 10.5. The van der Waals surface area contributed by atoms with E-state index in [2.05, 4.69) is 27.2 Å². The number of aromatic nitrogens is 2. The lowest BCUT2D eigenvalue weighted by molar-refractivity contribution is -0.383. The number of nitro benzene ring substituents is 1. The highest BCUT2D eigenvalue weighted by atomic mass is 16.6. The third-order valence-electron chi connectivity index (χ3n) is 3.63. The second-order valence-corrected chi connectivity index (χ2v) is 5.05. The molecule has 1 atom stereocenters. The number of nitrogens with zero attached hydrogens (tertiary/aromatic N) is 3. The average molecular weight is 262 g/mol. The van der Waals surface area contributed by atoms with Crippen LogP contribution < -0.4 is 5.32 Å². The molecule has 0 amide bonds. The van der Waals surface area contributed by atoms with Crippen LogP contribution in [0.4, 0.5) is 11.4 Å². The van der Waals surface area contributed by atoms with Crippen molar-refractivity contribution in [3.63, 3.8) is 0 Å². The van der Waals surface area contributed by atoms with Gasteiger partial charge in [-0.05, 0) is 41.1 Å². The Morgan fingerprint density at radius 1 is 1.47 bits per heavy atom. The number of benzene rings is 1. The van der Waals surface area contributed by atoms with Crippen LogP contribution in [0.25, 0.3) is 11.0 Å². The number of anilines is 1. The molecule has 0 bridgehead atoms. The first-order chi connectivity index (χ1) is 9.16. The van der Waals surface area contributed by atoms with E-state index in [9.17, 15) is 10.1 Å². The van der Waals surface area contributed by atoms with Crippen molar-refractivity contribution in [1.29, 1.82) is 0 Å². The standard InChI is InChI=1S/C12H14N4O3/c1-7(8-2-3-8)6-13-9-4-5-10(16(17)18)12-11(9)14-19-15-12/h4-5,7-8,13H,2-3,6H2,1H3. The lowest BCUT2D eigenvalue weighted by Gasteiger charge is -2.12. The van der Waals surface area contributed by atoms with Gasteiger partial charge in [0.05, 0.1) is 10.6 Å². The van der Waals surface area contributed by atoms with Crippen molar-refractivity contribution in [1.82, 2.24) is 10.3 Å². The molecule has 1 saturated carbocycles. The molecule has 1 heterocycles. The molecule has 1 aliphatic carbocycles. The second-order valence-electron chi connectivity index (χ2n) is 5.05. The lowest BCUT2D eigenvalue weighted by atomic mass is 10.1. The summed E-state index contributed by atoms with van der Waals surface area (Å²) < 4.78 is 4.62. The molecule has 100 valence electrons. The minimum Gasteiger partial charge on any atom is -0.383 e. The monoisotopic (exact) mass is 262 g/mol. The van der Waals surface area contributed by atoms with Crippen molar-refractivity contribution in [2.45, 2.75) is 19.8 Å². The van der Waals surface area contributed by atoms with E-state index >= 15 is 0 Å². The van der Waals surface area contributed by atoms with E-state index in [-0.39, 0.29) is 11.2 Å². The number of hydrogen-bond donors (Lipinski definition) is 1. The highest BCUT2D eigenvalue weighted by Crippen LogP contribution is 2.37. The second kappa shape index (κ2) is 4.49. The summed E-state index contributed by atoms with van der Waals surface area (Å²) in [6.45, 7) is 3.03. The van der Waals surface area contributed by atoms with Gasteiger partial charge in [0.15, 0.2) is 5.52 Å². The number of fused-ring (bicyclic) bond motifs is 1. The quantitative estimate of drug-likeness (QED) is 0.657. The van der Waals surface area contributed by atoms with Crippen LogP contribution in [0.1, 0.15) is 19.8 Å². The lowest BCUT2D eigenvalue weighted by Crippen LogP contribution is -2.13. The van der Waals surface area contributed by atoms with E-state index in [4.69, 9.17) is 0 Å². The van der Waals surface area contributed by atoms with Gasteiger partial charge in [-0.1, -0.05) is 6.92 Å². The summed E-state index contributed by atoms with van der Waals surface area (Å²) in [7, 11) is 0. The van der Waals surface area contributed by atoms with E-state index in [1.54, 1.807) is 6.07 Å². The first-order valence-corrected chi connectivity index (χ1v) is 6.30. The summed E-state index contributed by atoms with van der Waals surface area (Å²) in [6, 6.07) is 3.08. The molecular formula is C12H14N4O3. The largest absolute Gasteiger partial charge is 0.383 e. The number of rotatable bonds is 5. The Morgan fingerprint density at radius 3 is 2.89 bits per heavy atom. The molecule has 1 aromatic heterocycles. The van der Waals surface area contributed by atoms with Gasteiger partial charge in [-0.15, -0.1) is 0 Å². The van der Waals surface area contributed by atoms with Crippen LogP contribution in [0, 0.1) is 22.0 Å². The maximum atomic E-state index is 10.9. The first kappa shape index (κ1) is 11.9. The third kappa shape index (κ3) is 2.23. The molecule has 1 aliphatic rings. The number of hydrogen-bond acceptors (Lipinski definition) is 6. The van der Waals surface area contributed by atoms with E-state index in [0.717, 1.165) is 18.2 Å². The van der Waals surface area contributed by atoms with Crippen molar-refractivity contribution in [3.8, 4) is 0 Å². The Bertz CT molecular complexity index is 620. The molecule has 1 N–H and O–H groups in total. The normalized spacial score (nSPS) is 16.5. The highest BCUT2D eigenvalue weighted by molar-refractivity contribution is 5.93. The molecule has 0 aliphatic heterocycles. The van der Waals surface area contributed by atoms with Crippen molar-refractivity contribution >= 4 is 22.4 Å². The first-order valence-electron chi connectivity index (χ1n) is 6.30. The van der Waals surface area contributed by atoms with Gasteiger partial charge >= 0.3 is 5.69 Å². The number of nitro groups is 1. The molecule has 1 fully saturated rings. The Kier molecular flexibility index (Phi) is 2.81. The summed E-state index contributed by atoms with van der Waals surface area (Å²) in [5.74, 6) is 1.39. The van der Waals surface area contributed by atoms with Crippen molar-refractivity contribution < 1.29 is 9.55 Å². The fraction of sp³-hybridized carbons (Fsp3) is 0.500. The van der Waals surface area contributed by atoms with Gasteiger partial charge < -0.3 is 5.32 Å². The van der Waals surface area contributed by atoms with Gasteiger partial charge in [-0.3, -0.25) is 10.1 Å². The van der Waals surface area contributed by atoms with Crippen LogP contribution in [0.15, 0.2) is 16.8 Å². The molecule has 7 nitrogen and oxygen atoms in total. The maximum Gasteiger partial charge on any atom is 0.300 e. The van der Waals surface area contributed by atoms with E-state index in [0.29, 0.717) is 11.4 Å². The minimum atomic E-state index is -0.483. The zero-order valence-corrected chi connectivity index (χ0v) is 10.5. The van der Waals surface area contributed by atoms with Gasteiger partial charge in [0, 0.05) is 12.6 Å². The molecular weight excluding hydrogens is 248 g/mol. The van der Waals surface area contributed by atoms with Crippen LogP contribution in [0.2, 0.25) is 0 Å². The molecule has 0 saturated heterocycles.